The Balaban J connectivity index is 2.88. The van der Waals surface area contributed by atoms with Crippen LogP contribution in [0.3, 0.4) is 0 Å². The van der Waals surface area contributed by atoms with E-state index in [0.717, 1.165) is 5.75 Å². The fourth-order valence-corrected chi connectivity index (χ4v) is 2.12. The van der Waals surface area contributed by atoms with E-state index in [9.17, 15) is 4.79 Å². The van der Waals surface area contributed by atoms with Crippen molar-refractivity contribution < 1.29 is 14.3 Å². The minimum absolute atomic E-state index is 0.0438. The molecule has 0 saturated heterocycles. The van der Waals surface area contributed by atoms with Crippen LogP contribution in [0.15, 0.2) is 48.3 Å². The number of hydrogen-bond donors (Lipinski definition) is 0. The number of methoxy groups -OCH3 is 1. The molecule has 1 atom stereocenters. The third-order valence-electron chi connectivity index (χ3n) is 4.07. The third-order valence-corrected chi connectivity index (χ3v) is 4.07. The molecule has 0 aliphatic rings. The van der Waals surface area contributed by atoms with E-state index in [1.54, 1.807) is 13.2 Å². The van der Waals surface area contributed by atoms with E-state index in [1.165, 1.54) is 12.5 Å². The van der Waals surface area contributed by atoms with Gasteiger partial charge in [-0.15, -0.1) is 0 Å². The van der Waals surface area contributed by atoms with Gasteiger partial charge in [0.05, 0.1) is 7.11 Å². The maximum absolute atomic E-state index is 11.0. The molecule has 1 rings (SSSR count). The van der Waals surface area contributed by atoms with Crippen LogP contribution in [0.4, 0.5) is 0 Å². The number of carbonyl (C=O) groups excluding carboxylic acids is 1. The summed E-state index contributed by atoms with van der Waals surface area (Å²) in [5.41, 5.74) is 1.19. The Hall–Kier alpha value is -2.03. The SMILES string of the molecule is C/C=C(\C=C/C(C)C(C)(C)c1ccc(OC)cc1)OC(C)=O. The lowest BCUT2D eigenvalue weighted by Gasteiger charge is -2.30. The maximum atomic E-state index is 11.0. The molecule has 0 radical (unpaired) electrons. The second-order valence-corrected chi connectivity index (χ2v) is 5.88. The summed E-state index contributed by atoms with van der Waals surface area (Å²) in [5.74, 6) is 1.39. The monoisotopic (exact) mass is 302 g/mol. The van der Waals surface area contributed by atoms with Crippen molar-refractivity contribution >= 4 is 5.97 Å². The summed E-state index contributed by atoms with van der Waals surface area (Å²) >= 11 is 0. The summed E-state index contributed by atoms with van der Waals surface area (Å²) in [5, 5.41) is 0. The van der Waals surface area contributed by atoms with Crippen LogP contribution in [-0.4, -0.2) is 13.1 Å². The Morgan fingerprint density at radius 3 is 2.27 bits per heavy atom. The van der Waals surface area contributed by atoms with Gasteiger partial charge in [0, 0.05) is 6.92 Å². The summed E-state index contributed by atoms with van der Waals surface area (Å²) in [4.78, 5) is 11.0. The third kappa shape index (κ3) is 4.76. The van der Waals surface area contributed by atoms with Crippen molar-refractivity contribution in [2.24, 2.45) is 5.92 Å². The molecule has 0 spiro atoms. The summed E-state index contributed by atoms with van der Waals surface area (Å²) in [6.45, 7) is 9.81. The lowest BCUT2D eigenvalue weighted by Crippen LogP contribution is -2.25. The second-order valence-electron chi connectivity index (χ2n) is 5.88. The first-order chi connectivity index (χ1) is 10.3. The zero-order chi connectivity index (χ0) is 16.8. The van der Waals surface area contributed by atoms with Crippen molar-refractivity contribution in [1.82, 2.24) is 0 Å². The van der Waals surface area contributed by atoms with Gasteiger partial charge >= 0.3 is 5.97 Å². The molecule has 0 bridgehead atoms. The number of rotatable bonds is 6. The van der Waals surface area contributed by atoms with E-state index in [-0.39, 0.29) is 17.3 Å². The van der Waals surface area contributed by atoms with Gasteiger partial charge in [-0.05, 0) is 48.1 Å². The predicted octanol–water partition coefficient (Wildman–Crippen LogP) is 4.63. The molecule has 1 aromatic rings. The standard InChI is InChI=1S/C19H26O3/c1-7-17(22-15(3)20)11-8-14(2)19(4,5)16-9-12-18(21-6)13-10-16/h7-14H,1-6H3/b11-8-,17-7+. The molecule has 22 heavy (non-hydrogen) atoms. The van der Waals surface area contributed by atoms with Gasteiger partial charge in [-0.3, -0.25) is 4.79 Å². The minimum atomic E-state index is -0.306. The summed E-state index contributed by atoms with van der Waals surface area (Å²) in [7, 11) is 1.67. The molecule has 1 unspecified atom stereocenters. The quantitative estimate of drug-likeness (QED) is 0.436. The van der Waals surface area contributed by atoms with Gasteiger partial charge in [-0.2, -0.15) is 0 Å². The van der Waals surface area contributed by atoms with Crippen LogP contribution in [0, 0.1) is 5.92 Å². The first-order valence-corrected chi connectivity index (χ1v) is 7.48. The maximum Gasteiger partial charge on any atom is 0.308 e. The van der Waals surface area contributed by atoms with Gasteiger partial charge in [0.1, 0.15) is 11.5 Å². The minimum Gasteiger partial charge on any atom is -0.497 e. The zero-order valence-electron chi connectivity index (χ0n) is 14.3. The summed E-state index contributed by atoms with van der Waals surface area (Å²) in [6.07, 6.45) is 5.71. The van der Waals surface area contributed by atoms with Gasteiger partial charge in [-0.1, -0.05) is 39.0 Å². The van der Waals surface area contributed by atoms with Crippen molar-refractivity contribution in [3.8, 4) is 5.75 Å². The molecular weight excluding hydrogens is 276 g/mol. The largest absolute Gasteiger partial charge is 0.497 e. The molecule has 0 amide bonds. The Bertz CT molecular complexity index is 551. The highest BCUT2D eigenvalue weighted by Crippen LogP contribution is 2.33. The smallest absolute Gasteiger partial charge is 0.308 e. The Morgan fingerprint density at radius 2 is 1.82 bits per heavy atom. The van der Waals surface area contributed by atoms with E-state index >= 15 is 0 Å². The lowest BCUT2D eigenvalue weighted by molar-refractivity contribution is -0.136. The van der Waals surface area contributed by atoms with Gasteiger partial charge in [0.2, 0.25) is 0 Å². The van der Waals surface area contributed by atoms with Crippen molar-refractivity contribution in [2.45, 2.75) is 40.0 Å². The average Bonchev–Trinajstić information content (AvgIpc) is 2.50. The fourth-order valence-electron chi connectivity index (χ4n) is 2.12. The molecule has 0 saturated carbocycles. The van der Waals surface area contributed by atoms with Crippen molar-refractivity contribution in [3.63, 3.8) is 0 Å². The van der Waals surface area contributed by atoms with Gasteiger partial charge in [-0.25, -0.2) is 0 Å². The molecule has 0 aliphatic carbocycles. The molecule has 0 aliphatic heterocycles. The number of esters is 1. The molecule has 3 nitrogen and oxygen atoms in total. The van der Waals surface area contributed by atoms with Crippen molar-refractivity contribution in [3.05, 3.63) is 53.8 Å². The highest BCUT2D eigenvalue weighted by Gasteiger charge is 2.26. The molecule has 0 fully saturated rings. The second kappa shape index (κ2) is 7.83. The van der Waals surface area contributed by atoms with E-state index in [4.69, 9.17) is 9.47 Å². The van der Waals surface area contributed by atoms with Gasteiger partial charge in [0.25, 0.3) is 0 Å². The van der Waals surface area contributed by atoms with Crippen LogP contribution < -0.4 is 4.74 Å². The lowest BCUT2D eigenvalue weighted by atomic mass is 9.74. The zero-order valence-corrected chi connectivity index (χ0v) is 14.3. The average molecular weight is 302 g/mol. The van der Waals surface area contributed by atoms with E-state index < -0.39 is 0 Å². The molecular formula is C19H26O3. The van der Waals surface area contributed by atoms with Crippen LogP contribution in [0.25, 0.3) is 0 Å². The van der Waals surface area contributed by atoms with Crippen LogP contribution in [0.1, 0.15) is 40.2 Å². The Labute approximate surface area is 133 Å². The molecule has 1 aromatic carbocycles. The van der Waals surface area contributed by atoms with Gasteiger partial charge in [0.15, 0.2) is 0 Å². The highest BCUT2D eigenvalue weighted by molar-refractivity contribution is 5.67. The molecule has 120 valence electrons. The first kappa shape index (κ1) is 18.0. The number of hydrogen-bond acceptors (Lipinski definition) is 3. The van der Waals surface area contributed by atoms with Crippen LogP contribution in [0.5, 0.6) is 5.75 Å². The molecule has 3 heteroatoms. The molecule has 0 N–H and O–H groups in total. The predicted molar refractivity (Wildman–Crippen MR) is 89.8 cm³/mol. The highest BCUT2D eigenvalue weighted by atomic mass is 16.5. The van der Waals surface area contributed by atoms with Crippen molar-refractivity contribution in [1.29, 1.82) is 0 Å². The van der Waals surface area contributed by atoms with Crippen molar-refractivity contribution in [2.75, 3.05) is 7.11 Å². The van der Waals surface area contributed by atoms with E-state index in [2.05, 4.69) is 39.0 Å². The molecule has 0 heterocycles. The Morgan fingerprint density at radius 1 is 1.23 bits per heavy atom. The topological polar surface area (TPSA) is 35.5 Å². The van der Waals surface area contributed by atoms with Crippen LogP contribution >= 0.6 is 0 Å². The first-order valence-electron chi connectivity index (χ1n) is 7.48. The molecule has 0 aromatic heterocycles. The van der Waals surface area contributed by atoms with E-state index in [1.807, 2.05) is 25.1 Å². The Kier molecular flexibility index (Phi) is 6.41. The summed E-state index contributed by atoms with van der Waals surface area (Å²) < 4.78 is 10.3. The summed E-state index contributed by atoms with van der Waals surface area (Å²) in [6, 6.07) is 8.13. The van der Waals surface area contributed by atoms with E-state index in [0.29, 0.717) is 5.76 Å². The van der Waals surface area contributed by atoms with Gasteiger partial charge < -0.3 is 9.47 Å². The van der Waals surface area contributed by atoms with Crippen LogP contribution in [0.2, 0.25) is 0 Å². The number of carbonyl (C=O) groups is 1. The van der Waals surface area contributed by atoms with Crippen LogP contribution in [-0.2, 0) is 14.9 Å². The number of allylic oxidation sites excluding steroid dienone is 3. The number of benzene rings is 1. The number of ether oxygens (including phenoxy) is 2. The fraction of sp³-hybridized carbons (Fsp3) is 0.421. The normalized spacial score (nSPS) is 14.0.